The number of aryl methyl sites for hydroxylation is 1. The van der Waals surface area contributed by atoms with Gasteiger partial charge in [0.1, 0.15) is 5.75 Å². The van der Waals surface area contributed by atoms with Crippen LogP contribution in [0.4, 0.5) is 0 Å². The van der Waals surface area contributed by atoms with Gasteiger partial charge in [-0.05, 0) is 87.4 Å². The predicted molar refractivity (Wildman–Crippen MR) is 156 cm³/mol. The Morgan fingerprint density at radius 1 is 1.10 bits per heavy atom. The summed E-state index contributed by atoms with van der Waals surface area (Å²) in [5, 5.41) is 0. The minimum Gasteiger partial charge on any atom is -0.497 e. The summed E-state index contributed by atoms with van der Waals surface area (Å²) in [4.78, 5) is 32.2. The maximum Gasteiger partial charge on any atom is 0.338 e. The Hall–Kier alpha value is -3.69. The van der Waals surface area contributed by atoms with E-state index in [2.05, 4.69) is 43.7 Å². The Morgan fingerprint density at radius 3 is 2.44 bits per heavy atom. The van der Waals surface area contributed by atoms with Crippen LogP contribution >= 0.6 is 27.3 Å². The Kier molecular flexibility index (Phi) is 7.46. The van der Waals surface area contributed by atoms with E-state index in [0.29, 0.717) is 26.4 Å². The molecule has 1 aliphatic heterocycles. The molecule has 0 aliphatic carbocycles. The molecule has 0 spiro atoms. The quantitative estimate of drug-likeness (QED) is 0.291. The summed E-state index contributed by atoms with van der Waals surface area (Å²) >= 11 is 4.81. The number of rotatable bonds is 6. The van der Waals surface area contributed by atoms with E-state index >= 15 is 0 Å². The maximum atomic E-state index is 13.9. The molecule has 0 saturated carbocycles. The number of halogens is 1. The Bertz CT molecular complexity index is 1780. The zero-order chi connectivity index (χ0) is 27.8. The molecular formula is C30H28BrN3O4S. The average Bonchev–Trinajstić information content (AvgIpc) is 3.38. The van der Waals surface area contributed by atoms with E-state index in [1.807, 2.05) is 56.3 Å². The lowest BCUT2D eigenvalue weighted by molar-refractivity contribution is -0.139. The number of carbonyl (C=O) groups is 1. The van der Waals surface area contributed by atoms with Crippen LogP contribution in [0, 0.1) is 13.8 Å². The van der Waals surface area contributed by atoms with Gasteiger partial charge in [-0.3, -0.25) is 9.36 Å². The summed E-state index contributed by atoms with van der Waals surface area (Å²) in [6.45, 7) is 7.86. The normalized spacial score (nSPS) is 15.2. The number of allylic oxidation sites excluding steroid dienone is 1. The summed E-state index contributed by atoms with van der Waals surface area (Å²) in [7, 11) is 1.60. The molecule has 0 radical (unpaired) electrons. The molecule has 0 bridgehead atoms. The zero-order valence-electron chi connectivity index (χ0n) is 22.3. The lowest BCUT2D eigenvalue weighted by atomic mass is 9.96. The van der Waals surface area contributed by atoms with E-state index in [-0.39, 0.29) is 12.2 Å². The first-order valence-electron chi connectivity index (χ1n) is 12.5. The molecule has 0 unspecified atom stereocenters. The smallest absolute Gasteiger partial charge is 0.338 e. The van der Waals surface area contributed by atoms with Crippen molar-refractivity contribution in [3.8, 4) is 11.4 Å². The molecule has 7 nitrogen and oxygen atoms in total. The number of hydrogen-bond donors (Lipinski definition) is 0. The lowest BCUT2D eigenvalue weighted by Crippen LogP contribution is -2.39. The Labute approximate surface area is 238 Å². The second-order valence-electron chi connectivity index (χ2n) is 9.21. The molecule has 0 N–H and O–H groups in total. The van der Waals surface area contributed by atoms with Gasteiger partial charge >= 0.3 is 5.97 Å². The molecule has 2 aromatic heterocycles. The van der Waals surface area contributed by atoms with Crippen molar-refractivity contribution >= 4 is 39.3 Å². The third kappa shape index (κ3) is 4.92. The van der Waals surface area contributed by atoms with Gasteiger partial charge in [0, 0.05) is 21.5 Å². The van der Waals surface area contributed by atoms with Gasteiger partial charge in [0.05, 0.1) is 35.6 Å². The average molecular weight is 607 g/mol. The highest BCUT2D eigenvalue weighted by Gasteiger charge is 2.33. The molecule has 2 aromatic carbocycles. The van der Waals surface area contributed by atoms with Crippen molar-refractivity contribution in [2.75, 3.05) is 13.7 Å². The van der Waals surface area contributed by atoms with Crippen molar-refractivity contribution in [2.45, 2.75) is 33.7 Å². The van der Waals surface area contributed by atoms with Gasteiger partial charge < -0.3 is 14.0 Å². The van der Waals surface area contributed by atoms with E-state index in [4.69, 9.17) is 9.47 Å². The molecule has 1 aliphatic rings. The largest absolute Gasteiger partial charge is 0.497 e. The van der Waals surface area contributed by atoms with Crippen LogP contribution in [0.2, 0.25) is 0 Å². The highest BCUT2D eigenvalue weighted by Crippen LogP contribution is 2.31. The standard InChI is InChI=1S/C30H28BrN3O4S/c1-6-38-29(36)26-18(3)32-30-34(27(26)20-7-13-24(37-5)14-8-20)28(35)25(39-30)16-21-15-17(2)33(19(21)4)23-11-9-22(31)10-12-23/h7-16,27H,6H2,1-5H3/b25-16+/t27-/m0/s1. The van der Waals surface area contributed by atoms with Crippen molar-refractivity contribution in [1.82, 2.24) is 9.13 Å². The molecule has 4 aromatic rings. The molecule has 39 heavy (non-hydrogen) atoms. The van der Waals surface area contributed by atoms with E-state index in [9.17, 15) is 9.59 Å². The fourth-order valence-electron chi connectivity index (χ4n) is 4.96. The monoisotopic (exact) mass is 605 g/mol. The van der Waals surface area contributed by atoms with Crippen LogP contribution in [0.15, 0.2) is 80.1 Å². The van der Waals surface area contributed by atoms with E-state index in [0.717, 1.165) is 32.7 Å². The van der Waals surface area contributed by atoms with E-state index in [1.165, 1.54) is 11.3 Å². The van der Waals surface area contributed by atoms with E-state index in [1.54, 1.807) is 25.5 Å². The van der Waals surface area contributed by atoms with Crippen LogP contribution in [-0.2, 0) is 9.53 Å². The summed E-state index contributed by atoms with van der Waals surface area (Å²) in [6, 6.07) is 16.9. The van der Waals surface area contributed by atoms with Crippen LogP contribution in [0.1, 0.15) is 42.4 Å². The van der Waals surface area contributed by atoms with Gasteiger partial charge in [-0.1, -0.05) is 39.4 Å². The van der Waals surface area contributed by atoms with Crippen molar-refractivity contribution < 1.29 is 14.3 Å². The van der Waals surface area contributed by atoms with Crippen molar-refractivity contribution in [1.29, 1.82) is 0 Å². The number of thiazole rings is 1. The Morgan fingerprint density at radius 2 is 1.79 bits per heavy atom. The van der Waals surface area contributed by atoms with Crippen molar-refractivity contribution in [3.63, 3.8) is 0 Å². The molecule has 200 valence electrons. The minimum absolute atomic E-state index is 0.206. The summed E-state index contributed by atoms with van der Waals surface area (Å²) in [5.41, 5.74) is 5.54. The van der Waals surface area contributed by atoms with Crippen molar-refractivity contribution in [3.05, 3.63) is 113 Å². The number of carbonyl (C=O) groups excluding carboxylic acids is 1. The van der Waals surface area contributed by atoms with Crippen molar-refractivity contribution in [2.24, 2.45) is 4.99 Å². The molecule has 0 fully saturated rings. The highest BCUT2D eigenvalue weighted by molar-refractivity contribution is 9.10. The minimum atomic E-state index is -0.663. The van der Waals surface area contributed by atoms with Gasteiger partial charge in [-0.15, -0.1) is 0 Å². The zero-order valence-corrected chi connectivity index (χ0v) is 24.7. The first-order valence-corrected chi connectivity index (χ1v) is 14.1. The molecule has 9 heteroatoms. The molecule has 0 amide bonds. The fraction of sp³-hybridized carbons (Fsp3) is 0.233. The first kappa shape index (κ1) is 26.9. The van der Waals surface area contributed by atoms with Crippen LogP contribution < -0.4 is 19.6 Å². The molecule has 3 heterocycles. The first-order chi connectivity index (χ1) is 18.7. The molecule has 0 saturated heterocycles. The predicted octanol–water partition coefficient (Wildman–Crippen LogP) is 4.98. The van der Waals surface area contributed by atoms with Gasteiger partial charge in [-0.25, -0.2) is 9.79 Å². The SMILES string of the molecule is CCOC(=O)C1=C(C)N=c2s/c(=C/c3cc(C)n(-c4ccc(Br)cc4)c3C)c(=O)n2[C@H]1c1ccc(OC)cc1. The molecule has 5 rings (SSSR count). The van der Waals surface area contributed by atoms with Gasteiger partial charge in [0.15, 0.2) is 4.80 Å². The molecular weight excluding hydrogens is 578 g/mol. The number of ether oxygens (including phenoxy) is 2. The van der Waals surface area contributed by atoms with Gasteiger partial charge in [0.2, 0.25) is 0 Å². The third-order valence-electron chi connectivity index (χ3n) is 6.79. The van der Waals surface area contributed by atoms with Crippen LogP contribution in [-0.4, -0.2) is 28.8 Å². The van der Waals surface area contributed by atoms with Crippen LogP contribution in [0.25, 0.3) is 11.8 Å². The van der Waals surface area contributed by atoms with Gasteiger partial charge in [-0.2, -0.15) is 0 Å². The number of benzene rings is 2. The van der Waals surface area contributed by atoms with Crippen LogP contribution in [0.5, 0.6) is 5.75 Å². The topological polar surface area (TPSA) is 74.8 Å². The maximum absolute atomic E-state index is 13.9. The fourth-order valence-corrected chi connectivity index (χ4v) is 6.26. The number of hydrogen-bond acceptors (Lipinski definition) is 6. The number of nitrogens with zero attached hydrogens (tertiary/aromatic N) is 3. The second kappa shape index (κ2) is 10.8. The third-order valence-corrected chi connectivity index (χ3v) is 8.30. The number of esters is 1. The number of methoxy groups -OCH3 is 1. The Balaban J connectivity index is 1.68. The second-order valence-corrected chi connectivity index (χ2v) is 11.1. The summed E-state index contributed by atoms with van der Waals surface area (Å²) in [5.74, 6) is 0.206. The lowest BCUT2D eigenvalue weighted by Gasteiger charge is -2.24. The summed E-state index contributed by atoms with van der Waals surface area (Å²) < 4.78 is 16.0. The van der Waals surface area contributed by atoms with E-state index < -0.39 is 12.0 Å². The van der Waals surface area contributed by atoms with Crippen LogP contribution in [0.3, 0.4) is 0 Å². The molecule has 1 atom stereocenters. The number of aromatic nitrogens is 2. The van der Waals surface area contributed by atoms with Gasteiger partial charge in [0.25, 0.3) is 5.56 Å². The highest BCUT2D eigenvalue weighted by atomic mass is 79.9. The summed E-state index contributed by atoms with van der Waals surface area (Å²) in [6.07, 6.45) is 1.91. The number of fused-ring (bicyclic) bond motifs is 1.